The third-order valence-corrected chi connectivity index (χ3v) is 7.34. The molecule has 0 N–H and O–H groups in total. The third kappa shape index (κ3) is 2.34. The van der Waals surface area contributed by atoms with E-state index in [9.17, 15) is 0 Å². The average molecular weight is 303 g/mol. The highest BCUT2D eigenvalue weighted by molar-refractivity contribution is 6.21. The van der Waals surface area contributed by atoms with Crippen LogP contribution in [0.3, 0.4) is 0 Å². The van der Waals surface area contributed by atoms with Crippen LogP contribution < -0.4 is 0 Å². The van der Waals surface area contributed by atoms with Crippen molar-refractivity contribution in [2.45, 2.75) is 64.2 Å². The van der Waals surface area contributed by atoms with E-state index < -0.39 is 0 Å². The van der Waals surface area contributed by atoms with Gasteiger partial charge in [-0.25, -0.2) is 0 Å². The van der Waals surface area contributed by atoms with Gasteiger partial charge in [0.25, 0.3) is 0 Å². The summed E-state index contributed by atoms with van der Waals surface area (Å²) in [5, 5.41) is 0.323. The summed E-state index contributed by atoms with van der Waals surface area (Å²) >= 11 is 7.07. The van der Waals surface area contributed by atoms with Gasteiger partial charge < -0.3 is 0 Å². The first kappa shape index (κ1) is 14.1. The Kier molecular flexibility index (Phi) is 3.20. The zero-order valence-electron chi connectivity index (χ0n) is 13.4. The summed E-state index contributed by atoms with van der Waals surface area (Å²) < 4.78 is 0. The van der Waals surface area contributed by atoms with Gasteiger partial charge in [-0.1, -0.05) is 31.2 Å². The molecular formula is C20H27Cl. The molecule has 4 bridgehead atoms. The molecule has 114 valence electrons. The summed E-state index contributed by atoms with van der Waals surface area (Å²) in [7, 11) is 0. The molecule has 1 aromatic rings. The molecule has 0 radical (unpaired) electrons. The first-order valence-corrected chi connectivity index (χ1v) is 9.10. The minimum atomic E-state index is 0.323. The molecule has 4 saturated carbocycles. The van der Waals surface area contributed by atoms with Gasteiger partial charge in [0.1, 0.15) is 0 Å². The molecule has 5 rings (SSSR count). The van der Waals surface area contributed by atoms with Crippen molar-refractivity contribution in [3.63, 3.8) is 0 Å². The molecule has 4 fully saturated rings. The van der Waals surface area contributed by atoms with Crippen LogP contribution in [0.25, 0.3) is 0 Å². The lowest BCUT2D eigenvalue weighted by Crippen LogP contribution is -2.54. The summed E-state index contributed by atoms with van der Waals surface area (Å²) in [5.74, 6) is 1.93. The Hall–Kier alpha value is -0.490. The van der Waals surface area contributed by atoms with Gasteiger partial charge in [0.05, 0.1) is 0 Å². The van der Waals surface area contributed by atoms with E-state index >= 15 is 0 Å². The minimum Gasteiger partial charge on any atom is -0.122 e. The summed E-state index contributed by atoms with van der Waals surface area (Å²) in [5.41, 5.74) is 3.89. The lowest BCUT2D eigenvalue weighted by molar-refractivity contribution is -0.103. The minimum absolute atomic E-state index is 0.323. The molecule has 0 nitrogen and oxygen atoms in total. The van der Waals surface area contributed by atoms with E-state index in [-0.39, 0.29) is 0 Å². The molecule has 0 amide bonds. The van der Waals surface area contributed by atoms with Gasteiger partial charge in [-0.2, -0.15) is 0 Å². The maximum Gasteiger partial charge on any atom is 0.0433 e. The van der Waals surface area contributed by atoms with Gasteiger partial charge in [0.15, 0.2) is 0 Å². The number of hydrogen-bond donors (Lipinski definition) is 0. The molecule has 4 aliphatic carbocycles. The molecular weight excluding hydrogens is 276 g/mol. The van der Waals surface area contributed by atoms with E-state index in [1.165, 1.54) is 49.7 Å². The number of aryl methyl sites for hydroxylation is 1. The van der Waals surface area contributed by atoms with Crippen LogP contribution in [-0.4, -0.2) is 5.38 Å². The third-order valence-electron chi connectivity index (χ3n) is 6.72. The Morgan fingerprint density at radius 3 is 2.43 bits per heavy atom. The van der Waals surface area contributed by atoms with E-state index in [4.69, 9.17) is 11.6 Å². The van der Waals surface area contributed by atoms with Gasteiger partial charge in [-0.3, -0.25) is 0 Å². The molecule has 3 atom stereocenters. The summed E-state index contributed by atoms with van der Waals surface area (Å²) in [6, 6.07) is 8.79. The Labute approximate surface area is 134 Å². The van der Waals surface area contributed by atoms with Crippen molar-refractivity contribution < 1.29 is 0 Å². The maximum atomic E-state index is 7.07. The van der Waals surface area contributed by atoms with E-state index in [2.05, 4.69) is 38.1 Å². The van der Waals surface area contributed by atoms with Crippen LogP contribution in [0.15, 0.2) is 24.3 Å². The summed E-state index contributed by atoms with van der Waals surface area (Å²) in [6.07, 6.45) is 9.68. The van der Waals surface area contributed by atoms with Crippen LogP contribution in [0.2, 0.25) is 0 Å². The lowest BCUT2D eigenvalue weighted by Gasteiger charge is -2.62. The predicted octanol–water partition coefficient (Wildman–Crippen LogP) is 5.75. The van der Waals surface area contributed by atoms with Crippen molar-refractivity contribution in [2.24, 2.45) is 22.7 Å². The molecule has 0 saturated heterocycles. The fraction of sp³-hybridized carbons (Fsp3) is 0.700. The number of halogens is 1. The highest BCUT2D eigenvalue weighted by Gasteiger charge is 2.57. The molecule has 0 heterocycles. The second kappa shape index (κ2) is 4.75. The van der Waals surface area contributed by atoms with E-state index in [0.29, 0.717) is 16.2 Å². The molecule has 0 spiro atoms. The Morgan fingerprint density at radius 1 is 1.14 bits per heavy atom. The maximum absolute atomic E-state index is 7.07. The zero-order valence-corrected chi connectivity index (χ0v) is 14.1. The normalized spacial score (nSPS) is 42.2. The van der Waals surface area contributed by atoms with Crippen LogP contribution in [-0.2, 0) is 6.42 Å². The van der Waals surface area contributed by atoms with Crippen LogP contribution in [0.4, 0.5) is 0 Å². The first-order chi connectivity index (χ1) is 9.98. The van der Waals surface area contributed by atoms with Gasteiger partial charge in [-0.15, -0.1) is 11.6 Å². The Bertz CT molecular complexity index is 533. The molecule has 0 aromatic heterocycles. The van der Waals surface area contributed by atoms with E-state index in [1.54, 1.807) is 0 Å². The highest BCUT2D eigenvalue weighted by Crippen LogP contribution is 2.67. The Balaban J connectivity index is 1.59. The molecule has 21 heavy (non-hydrogen) atoms. The van der Waals surface area contributed by atoms with Crippen molar-refractivity contribution in [3.05, 3.63) is 35.4 Å². The van der Waals surface area contributed by atoms with Crippen LogP contribution in [0.5, 0.6) is 0 Å². The fourth-order valence-corrected chi connectivity index (χ4v) is 6.83. The van der Waals surface area contributed by atoms with Gasteiger partial charge >= 0.3 is 0 Å². The summed E-state index contributed by atoms with van der Waals surface area (Å²) in [6.45, 7) is 4.76. The molecule has 4 aliphatic rings. The largest absolute Gasteiger partial charge is 0.122 e. The van der Waals surface area contributed by atoms with Crippen molar-refractivity contribution in [1.82, 2.24) is 0 Å². The van der Waals surface area contributed by atoms with Gasteiger partial charge in [0.2, 0.25) is 0 Å². The second-order valence-corrected chi connectivity index (χ2v) is 9.26. The van der Waals surface area contributed by atoms with Gasteiger partial charge in [-0.05, 0) is 85.7 Å². The van der Waals surface area contributed by atoms with E-state index in [1.807, 2.05) is 0 Å². The molecule has 1 aromatic carbocycles. The predicted molar refractivity (Wildman–Crippen MR) is 89.7 cm³/mol. The number of alkyl halides is 1. The topological polar surface area (TPSA) is 0 Å². The number of benzene rings is 1. The van der Waals surface area contributed by atoms with Crippen molar-refractivity contribution in [1.29, 1.82) is 0 Å². The van der Waals surface area contributed by atoms with Crippen molar-refractivity contribution in [2.75, 3.05) is 0 Å². The average Bonchev–Trinajstić information content (AvgIpc) is 2.38. The Morgan fingerprint density at radius 2 is 1.81 bits per heavy atom. The number of rotatable bonds is 3. The van der Waals surface area contributed by atoms with Crippen molar-refractivity contribution in [3.8, 4) is 0 Å². The van der Waals surface area contributed by atoms with Crippen LogP contribution in [0.1, 0.15) is 56.6 Å². The van der Waals surface area contributed by atoms with Gasteiger partial charge in [0, 0.05) is 5.38 Å². The fourth-order valence-electron chi connectivity index (χ4n) is 6.41. The molecule has 0 aliphatic heterocycles. The molecule has 1 heteroatoms. The highest BCUT2D eigenvalue weighted by atomic mass is 35.5. The van der Waals surface area contributed by atoms with Crippen molar-refractivity contribution >= 4 is 11.6 Å². The van der Waals surface area contributed by atoms with E-state index in [0.717, 1.165) is 18.3 Å². The van der Waals surface area contributed by atoms with Crippen LogP contribution >= 0.6 is 11.6 Å². The lowest BCUT2D eigenvalue weighted by atomic mass is 9.44. The number of hydrogen-bond acceptors (Lipinski definition) is 0. The first-order valence-electron chi connectivity index (χ1n) is 8.67. The quantitative estimate of drug-likeness (QED) is 0.623. The second-order valence-electron chi connectivity index (χ2n) is 8.73. The summed E-state index contributed by atoms with van der Waals surface area (Å²) in [4.78, 5) is 0. The SMILES string of the molecule is Cc1ccccc1CC(Cl)C12CC3CC(CC(C)(C3)C1)C2. The zero-order chi connectivity index (χ0) is 14.7. The van der Waals surface area contributed by atoms with Crippen LogP contribution in [0, 0.1) is 29.6 Å². The molecule has 3 unspecified atom stereocenters. The monoisotopic (exact) mass is 302 g/mol. The smallest absolute Gasteiger partial charge is 0.0433 e. The standard InChI is InChI=1S/C20H27Cl/c1-14-5-3-4-6-17(14)8-18(21)20-11-15-7-16(12-20)10-19(2,9-15)13-20/h3-6,15-16,18H,7-13H2,1-2H3.